The number of hydrogen-bond donors (Lipinski definition) is 1. The van der Waals surface area contributed by atoms with Crippen molar-refractivity contribution in [1.29, 1.82) is 0 Å². The fourth-order valence-electron chi connectivity index (χ4n) is 1.85. The second-order valence-corrected chi connectivity index (χ2v) is 4.88. The van der Waals surface area contributed by atoms with Gasteiger partial charge in [0.2, 0.25) is 0 Å². The SMILES string of the molecule is Cc1cc(F)c(CCCN(C)C)cc1/C=C/C(=O)O. The van der Waals surface area contributed by atoms with Gasteiger partial charge < -0.3 is 10.0 Å². The highest BCUT2D eigenvalue weighted by molar-refractivity contribution is 5.85. The Morgan fingerprint density at radius 1 is 1.42 bits per heavy atom. The molecule has 1 N–H and O–H groups in total. The van der Waals surface area contributed by atoms with Crippen LogP contribution in [-0.2, 0) is 11.2 Å². The summed E-state index contributed by atoms with van der Waals surface area (Å²) < 4.78 is 13.8. The molecule has 104 valence electrons. The minimum Gasteiger partial charge on any atom is -0.478 e. The largest absolute Gasteiger partial charge is 0.478 e. The number of benzene rings is 1. The summed E-state index contributed by atoms with van der Waals surface area (Å²) in [6, 6.07) is 3.20. The van der Waals surface area contributed by atoms with E-state index < -0.39 is 5.97 Å². The highest BCUT2D eigenvalue weighted by Gasteiger charge is 2.06. The van der Waals surface area contributed by atoms with Crippen LogP contribution in [-0.4, -0.2) is 36.6 Å². The first-order chi connectivity index (χ1) is 8.90. The Morgan fingerprint density at radius 3 is 2.68 bits per heavy atom. The third-order valence-corrected chi connectivity index (χ3v) is 2.89. The van der Waals surface area contributed by atoms with Crippen molar-refractivity contribution in [2.75, 3.05) is 20.6 Å². The molecule has 0 aliphatic heterocycles. The summed E-state index contributed by atoms with van der Waals surface area (Å²) in [6.45, 7) is 2.67. The maximum absolute atomic E-state index is 13.8. The van der Waals surface area contributed by atoms with Crippen molar-refractivity contribution < 1.29 is 14.3 Å². The quantitative estimate of drug-likeness (QED) is 0.804. The van der Waals surface area contributed by atoms with Crippen LogP contribution in [0.3, 0.4) is 0 Å². The van der Waals surface area contributed by atoms with Gasteiger partial charge in [-0.1, -0.05) is 0 Å². The third-order valence-electron chi connectivity index (χ3n) is 2.89. The van der Waals surface area contributed by atoms with Crippen LogP contribution in [0.15, 0.2) is 18.2 Å². The summed E-state index contributed by atoms with van der Waals surface area (Å²) in [6.07, 6.45) is 4.10. The van der Waals surface area contributed by atoms with Gasteiger partial charge in [0.1, 0.15) is 5.82 Å². The Hall–Kier alpha value is -1.68. The van der Waals surface area contributed by atoms with E-state index in [1.807, 2.05) is 14.1 Å². The number of carboxylic acids is 1. The van der Waals surface area contributed by atoms with E-state index in [0.717, 1.165) is 30.2 Å². The molecule has 0 spiro atoms. The van der Waals surface area contributed by atoms with Crippen LogP contribution in [0.1, 0.15) is 23.1 Å². The van der Waals surface area contributed by atoms with E-state index in [9.17, 15) is 9.18 Å². The number of hydrogen-bond acceptors (Lipinski definition) is 2. The first-order valence-electron chi connectivity index (χ1n) is 6.25. The number of nitrogens with zero attached hydrogens (tertiary/aromatic N) is 1. The van der Waals surface area contributed by atoms with Crippen LogP contribution >= 0.6 is 0 Å². The van der Waals surface area contributed by atoms with Crippen molar-refractivity contribution in [3.05, 3.63) is 40.7 Å². The minimum absolute atomic E-state index is 0.219. The van der Waals surface area contributed by atoms with Gasteiger partial charge in [-0.2, -0.15) is 0 Å². The highest BCUT2D eigenvalue weighted by atomic mass is 19.1. The standard InChI is InChI=1S/C15H20FNO2/c1-11-9-14(16)13(5-4-8-17(2)3)10-12(11)6-7-15(18)19/h6-7,9-10H,4-5,8H2,1-3H3,(H,18,19)/b7-6+. The number of aliphatic carboxylic acids is 1. The summed E-state index contributed by atoms with van der Waals surface area (Å²) in [5.41, 5.74) is 2.13. The van der Waals surface area contributed by atoms with Gasteiger partial charge >= 0.3 is 5.97 Å². The molecule has 1 aromatic carbocycles. The Bertz CT molecular complexity index is 481. The van der Waals surface area contributed by atoms with Crippen LogP contribution in [0.2, 0.25) is 0 Å². The molecule has 0 atom stereocenters. The Morgan fingerprint density at radius 2 is 2.11 bits per heavy atom. The molecule has 3 nitrogen and oxygen atoms in total. The van der Waals surface area contributed by atoms with Crippen molar-refractivity contribution in [3.8, 4) is 0 Å². The summed E-state index contributed by atoms with van der Waals surface area (Å²) in [4.78, 5) is 12.6. The van der Waals surface area contributed by atoms with Gasteiger partial charge in [-0.3, -0.25) is 0 Å². The van der Waals surface area contributed by atoms with E-state index in [1.165, 1.54) is 12.1 Å². The number of halogens is 1. The molecule has 0 bridgehead atoms. The van der Waals surface area contributed by atoms with Crippen LogP contribution in [0.4, 0.5) is 4.39 Å². The number of carboxylic acid groups (broad SMARTS) is 1. The molecule has 0 aliphatic rings. The fraction of sp³-hybridized carbons (Fsp3) is 0.400. The van der Waals surface area contributed by atoms with Crippen molar-refractivity contribution in [2.45, 2.75) is 19.8 Å². The van der Waals surface area contributed by atoms with Gasteiger partial charge in [-0.05, 0) is 75.3 Å². The molecule has 4 heteroatoms. The molecule has 0 aliphatic carbocycles. The van der Waals surface area contributed by atoms with Gasteiger partial charge in [-0.25, -0.2) is 9.18 Å². The Labute approximate surface area is 113 Å². The van der Waals surface area contributed by atoms with Crippen molar-refractivity contribution in [1.82, 2.24) is 4.90 Å². The zero-order valence-electron chi connectivity index (χ0n) is 11.6. The Balaban J connectivity index is 2.86. The normalized spacial score (nSPS) is 11.4. The van der Waals surface area contributed by atoms with Crippen LogP contribution in [0.25, 0.3) is 6.08 Å². The molecule has 0 amide bonds. The van der Waals surface area contributed by atoms with Crippen LogP contribution in [0, 0.1) is 12.7 Å². The predicted octanol–water partition coefficient (Wildman–Crippen LogP) is 2.73. The molecule has 0 fully saturated rings. The summed E-state index contributed by atoms with van der Waals surface area (Å²) in [7, 11) is 3.96. The highest BCUT2D eigenvalue weighted by Crippen LogP contribution is 2.18. The number of aryl methyl sites for hydroxylation is 2. The summed E-state index contributed by atoms with van der Waals surface area (Å²) in [5, 5.41) is 8.63. The van der Waals surface area contributed by atoms with Gasteiger partial charge in [0.05, 0.1) is 0 Å². The molecular formula is C15H20FNO2. The van der Waals surface area contributed by atoms with E-state index in [2.05, 4.69) is 4.90 Å². The van der Waals surface area contributed by atoms with E-state index in [4.69, 9.17) is 5.11 Å². The second-order valence-electron chi connectivity index (χ2n) is 4.88. The van der Waals surface area contributed by atoms with E-state index in [1.54, 1.807) is 13.0 Å². The Kier molecular flexibility index (Phi) is 5.70. The molecule has 1 aromatic rings. The lowest BCUT2D eigenvalue weighted by atomic mass is 10.0. The van der Waals surface area contributed by atoms with Gasteiger partial charge in [-0.15, -0.1) is 0 Å². The molecule has 0 unspecified atom stereocenters. The number of rotatable bonds is 6. The molecule has 0 heterocycles. The third kappa shape index (κ3) is 5.22. The van der Waals surface area contributed by atoms with Gasteiger partial charge in [0.25, 0.3) is 0 Å². The monoisotopic (exact) mass is 265 g/mol. The molecule has 0 saturated carbocycles. The molecule has 19 heavy (non-hydrogen) atoms. The maximum atomic E-state index is 13.8. The average Bonchev–Trinajstić information content (AvgIpc) is 2.29. The van der Waals surface area contributed by atoms with E-state index >= 15 is 0 Å². The lowest BCUT2D eigenvalue weighted by Gasteiger charge is -2.11. The van der Waals surface area contributed by atoms with E-state index in [-0.39, 0.29) is 5.82 Å². The van der Waals surface area contributed by atoms with Crippen LogP contribution in [0.5, 0.6) is 0 Å². The predicted molar refractivity (Wildman–Crippen MR) is 74.7 cm³/mol. The lowest BCUT2D eigenvalue weighted by molar-refractivity contribution is -0.131. The van der Waals surface area contributed by atoms with Gasteiger partial charge in [0.15, 0.2) is 0 Å². The molecule has 0 saturated heterocycles. The summed E-state index contributed by atoms with van der Waals surface area (Å²) >= 11 is 0. The summed E-state index contributed by atoms with van der Waals surface area (Å²) in [5.74, 6) is -1.22. The van der Waals surface area contributed by atoms with Gasteiger partial charge in [0, 0.05) is 6.08 Å². The second kappa shape index (κ2) is 7.04. The average molecular weight is 265 g/mol. The lowest BCUT2D eigenvalue weighted by Crippen LogP contribution is -2.13. The molecular weight excluding hydrogens is 245 g/mol. The van der Waals surface area contributed by atoms with E-state index in [0.29, 0.717) is 12.0 Å². The topological polar surface area (TPSA) is 40.5 Å². The van der Waals surface area contributed by atoms with Crippen molar-refractivity contribution in [3.63, 3.8) is 0 Å². The zero-order valence-corrected chi connectivity index (χ0v) is 11.6. The molecule has 0 aromatic heterocycles. The molecule has 1 rings (SSSR count). The minimum atomic E-state index is -1.00. The first kappa shape index (κ1) is 15.4. The zero-order chi connectivity index (χ0) is 14.4. The van der Waals surface area contributed by atoms with Crippen molar-refractivity contribution >= 4 is 12.0 Å². The fourth-order valence-corrected chi connectivity index (χ4v) is 1.85. The number of carbonyl (C=O) groups is 1. The smallest absolute Gasteiger partial charge is 0.328 e. The van der Waals surface area contributed by atoms with Crippen LogP contribution < -0.4 is 0 Å². The first-order valence-corrected chi connectivity index (χ1v) is 6.25. The van der Waals surface area contributed by atoms with Crippen molar-refractivity contribution in [2.24, 2.45) is 0 Å². The maximum Gasteiger partial charge on any atom is 0.328 e. The molecule has 0 radical (unpaired) electrons.